The van der Waals surface area contributed by atoms with Gasteiger partial charge in [0.15, 0.2) is 5.13 Å². The van der Waals surface area contributed by atoms with Gasteiger partial charge in [-0.2, -0.15) is 0 Å². The Kier molecular flexibility index (Phi) is 4.06. The molecule has 1 heterocycles. The Balaban J connectivity index is 2.21. The molecule has 0 amide bonds. The summed E-state index contributed by atoms with van der Waals surface area (Å²) in [5.41, 5.74) is 0.634. The molecule has 0 aliphatic carbocycles. The van der Waals surface area contributed by atoms with Crippen LogP contribution in [-0.2, 0) is 4.74 Å². The van der Waals surface area contributed by atoms with Gasteiger partial charge in [-0.15, -0.1) is 0 Å². The van der Waals surface area contributed by atoms with Crippen molar-refractivity contribution in [2.24, 2.45) is 0 Å². The largest absolute Gasteiger partial charge is 0.465 e. The van der Waals surface area contributed by atoms with Gasteiger partial charge >= 0.3 is 5.97 Å². The normalized spacial score (nSPS) is 10.2. The number of carbonyl (C=O) groups is 1. The molecule has 0 aliphatic heterocycles. The summed E-state index contributed by atoms with van der Waals surface area (Å²) in [5, 5.41) is 4.62. The van der Waals surface area contributed by atoms with Crippen molar-refractivity contribution in [3.05, 3.63) is 39.3 Å². The van der Waals surface area contributed by atoms with Crippen LogP contribution < -0.4 is 5.32 Å². The summed E-state index contributed by atoms with van der Waals surface area (Å²) in [5.74, 6) is -0.419. The van der Waals surface area contributed by atoms with Crippen LogP contribution in [0, 0.1) is 0 Å². The number of thiazole rings is 1. The van der Waals surface area contributed by atoms with Crippen LogP contribution in [0.25, 0.3) is 0 Å². The van der Waals surface area contributed by atoms with Gasteiger partial charge in [-0.05, 0) is 18.2 Å². The number of ether oxygens (including phenoxy) is 1. The number of esters is 1. The Morgan fingerprint density at radius 3 is 2.94 bits per heavy atom. The van der Waals surface area contributed by atoms with Crippen LogP contribution in [0.1, 0.15) is 9.67 Å². The van der Waals surface area contributed by atoms with Crippen molar-refractivity contribution < 1.29 is 9.53 Å². The van der Waals surface area contributed by atoms with E-state index in [1.165, 1.54) is 24.6 Å². The lowest BCUT2D eigenvalue weighted by atomic mass is 10.3. The summed E-state index contributed by atoms with van der Waals surface area (Å²) in [4.78, 5) is 15.7. The van der Waals surface area contributed by atoms with Crippen LogP contribution >= 0.6 is 34.5 Å². The second-order valence-electron chi connectivity index (χ2n) is 3.27. The van der Waals surface area contributed by atoms with Crippen LogP contribution in [0.5, 0.6) is 0 Å². The van der Waals surface area contributed by atoms with Gasteiger partial charge in [0.2, 0.25) is 0 Å². The van der Waals surface area contributed by atoms with E-state index in [1.807, 2.05) is 0 Å². The summed E-state index contributed by atoms with van der Waals surface area (Å²) < 4.78 is 4.60. The lowest BCUT2D eigenvalue weighted by Crippen LogP contribution is -1.96. The van der Waals surface area contributed by atoms with Crippen LogP contribution in [0.4, 0.5) is 10.8 Å². The van der Waals surface area contributed by atoms with E-state index in [0.29, 0.717) is 25.7 Å². The Labute approximate surface area is 118 Å². The van der Waals surface area contributed by atoms with E-state index in [9.17, 15) is 4.79 Å². The van der Waals surface area contributed by atoms with Crippen LogP contribution in [0.15, 0.2) is 24.4 Å². The van der Waals surface area contributed by atoms with Gasteiger partial charge in [-0.3, -0.25) is 0 Å². The lowest BCUT2D eigenvalue weighted by molar-refractivity contribution is 0.0606. The molecule has 0 saturated heterocycles. The number of anilines is 2. The molecule has 94 valence electrons. The second-order valence-corrected chi connectivity index (χ2v) is 5.14. The number of nitrogens with one attached hydrogen (secondary N) is 1. The van der Waals surface area contributed by atoms with Gasteiger partial charge in [0.05, 0.1) is 24.0 Å². The molecular formula is C11H8Cl2N2O2S. The predicted molar refractivity (Wildman–Crippen MR) is 73.2 cm³/mol. The molecule has 7 heteroatoms. The van der Waals surface area contributed by atoms with E-state index in [4.69, 9.17) is 23.2 Å². The zero-order chi connectivity index (χ0) is 13.1. The minimum absolute atomic E-state index is 0.415. The third-order valence-corrected chi connectivity index (χ3v) is 3.52. The van der Waals surface area contributed by atoms with Crippen LogP contribution in [-0.4, -0.2) is 18.1 Å². The molecular weight excluding hydrogens is 295 g/mol. The van der Waals surface area contributed by atoms with E-state index in [0.717, 1.165) is 0 Å². The van der Waals surface area contributed by atoms with E-state index < -0.39 is 5.97 Å². The van der Waals surface area contributed by atoms with Gasteiger partial charge in [0.25, 0.3) is 0 Å². The van der Waals surface area contributed by atoms with Gasteiger partial charge < -0.3 is 10.1 Å². The zero-order valence-electron chi connectivity index (χ0n) is 9.24. The highest BCUT2D eigenvalue weighted by Crippen LogP contribution is 2.30. The molecule has 0 bridgehead atoms. The maximum absolute atomic E-state index is 11.3. The molecule has 1 N–H and O–H groups in total. The molecule has 0 atom stereocenters. The number of aromatic nitrogens is 1. The summed E-state index contributed by atoms with van der Waals surface area (Å²) in [7, 11) is 1.32. The summed E-state index contributed by atoms with van der Waals surface area (Å²) in [6, 6.07) is 5.06. The number of rotatable bonds is 3. The lowest BCUT2D eigenvalue weighted by Gasteiger charge is -2.05. The zero-order valence-corrected chi connectivity index (χ0v) is 11.6. The Morgan fingerprint density at radius 2 is 2.22 bits per heavy atom. The van der Waals surface area contributed by atoms with E-state index in [-0.39, 0.29) is 0 Å². The highest BCUT2D eigenvalue weighted by atomic mass is 35.5. The van der Waals surface area contributed by atoms with Gasteiger partial charge in [0, 0.05) is 5.02 Å². The fourth-order valence-corrected chi connectivity index (χ4v) is 2.32. The molecule has 18 heavy (non-hydrogen) atoms. The average Bonchev–Trinajstić information content (AvgIpc) is 2.81. The minimum atomic E-state index is -0.419. The van der Waals surface area contributed by atoms with Gasteiger partial charge in [-0.25, -0.2) is 9.78 Å². The number of hydrogen-bond donors (Lipinski definition) is 1. The number of hydrogen-bond acceptors (Lipinski definition) is 5. The van der Waals surface area contributed by atoms with Crippen molar-refractivity contribution in [2.45, 2.75) is 0 Å². The van der Waals surface area contributed by atoms with Gasteiger partial charge in [0.1, 0.15) is 4.88 Å². The van der Waals surface area contributed by atoms with Crippen molar-refractivity contribution in [3.8, 4) is 0 Å². The first kappa shape index (κ1) is 13.1. The van der Waals surface area contributed by atoms with Crippen molar-refractivity contribution in [1.29, 1.82) is 0 Å². The summed E-state index contributed by atoms with van der Waals surface area (Å²) in [6.07, 6.45) is 1.44. The van der Waals surface area contributed by atoms with E-state index in [1.54, 1.807) is 18.2 Å². The van der Waals surface area contributed by atoms with Crippen LogP contribution in [0.3, 0.4) is 0 Å². The monoisotopic (exact) mass is 302 g/mol. The first-order chi connectivity index (χ1) is 8.60. The van der Waals surface area contributed by atoms with Crippen molar-refractivity contribution >= 4 is 51.3 Å². The third kappa shape index (κ3) is 2.93. The maximum Gasteiger partial charge on any atom is 0.349 e. The predicted octanol–water partition coefficient (Wildman–Crippen LogP) is 3.98. The molecule has 0 radical (unpaired) electrons. The number of methoxy groups -OCH3 is 1. The number of halogens is 2. The number of benzene rings is 1. The van der Waals surface area contributed by atoms with Gasteiger partial charge in [-0.1, -0.05) is 34.5 Å². The van der Waals surface area contributed by atoms with E-state index >= 15 is 0 Å². The molecule has 0 fully saturated rings. The van der Waals surface area contributed by atoms with E-state index in [2.05, 4.69) is 15.0 Å². The molecule has 2 rings (SSSR count). The first-order valence-electron chi connectivity index (χ1n) is 4.86. The molecule has 0 aliphatic rings. The molecule has 0 unspecified atom stereocenters. The summed E-state index contributed by atoms with van der Waals surface area (Å²) in [6.45, 7) is 0. The molecule has 4 nitrogen and oxygen atoms in total. The molecule has 0 spiro atoms. The summed E-state index contributed by atoms with van der Waals surface area (Å²) >= 11 is 13.1. The highest BCUT2D eigenvalue weighted by Gasteiger charge is 2.11. The molecule has 0 saturated carbocycles. The quantitative estimate of drug-likeness (QED) is 0.871. The van der Waals surface area contributed by atoms with Crippen LogP contribution in [0.2, 0.25) is 10.0 Å². The fraction of sp³-hybridized carbons (Fsp3) is 0.0909. The topological polar surface area (TPSA) is 51.2 Å². The smallest absolute Gasteiger partial charge is 0.349 e. The maximum atomic E-state index is 11.3. The van der Waals surface area contributed by atoms with Crippen molar-refractivity contribution in [1.82, 2.24) is 4.98 Å². The Bertz CT molecular complexity index is 586. The minimum Gasteiger partial charge on any atom is -0.465 e. The SMILES string of the molecule is COC(=O)c1cnc(Nc2cc(Cl)ccc2Cl)s1. The molecule has 2 aromatic rings. The molecule has 1 aromatic carbocycles. The fourth-order valence-electron chi connectivity index (χ4n) is 1.24. The third-order valence-electron chi connectivity index (χ3n) is 2.06. The highest BCUT2D eigenvalue weighted by molar-refractivity contribution is 7.17. The first-order valence-corrected chi connectivity index (χ1v) is 6.43. The van der Waals surface area contributed by atoms with Crippen molar-refractivity contribution in [2.75, 3.05) is 12.4 Å². The Hall–Kier alpha value is -1.30. The second kappa shape index (κ2) is 5.56. The number of carbonyl (C=O) groups excluding carboxylic acids is 1. The molecule has 1 aromatic heterocycles. The average molecular weight is 303 g/mol. The number of nitrogens with zero attached hydrogens (tertiary/aromatic N) is 1. The Morgan fingerprint density at radius 1 is 1.44 bits per heavy atom. The standard InChI is InChI=1S/C11H8Cl2N2O2S/c1-17-10(16)9-5-14-11(18-9)15-8-4-6(12)2-3-7(8)13/h2-5H,1H3,(H,14,15). The van der Waals surface area contributed by atoms with Crippen molar-refractivity contribution in [3.63, 3.8) is 0 Å².